The Morgan fingerprint density at radius 1 is 1.33 bits per heavy atom. The molecule has 1 aliphatic heterocycles. The van der Waals surface area contributed by atoms with Gasteiger partial charge in [0.05, 0.1) is 0 Å². The summed E-state index contributed by atoms with van der Waals surface area (Å²) in [6.45, 7) is 6.74. The number of nitrogens with one attached hydrogen (secondary N) is 2. The highest BCUT2D eigenvalue weighted by molar-refractivity contribution is 5.94. The highest BCUT2D eigenvalue weighted by Gasteiger charge is 2.18. The number of nitrogens with zero attached hydrogens (tertiary/aromatic N) is 1. The van der Waals surface area contributed by atoms with Crippen molar-refractivity contribution in [3.8, 4) is 0 Å². The molecule has 0 saturated carbocycles. The maximum atomic E-state index is 13.8. The van der Waals surface area contributed by atoms with E-state index in [1.54, 1.807) is 0 Å². The molecular formula is C15H21F2N3O. The summed E-state index contributed by atoms with van der Waals surface area (Å²) in [6.07, 6.45) is 0.765. The fraction of sp³-hybridized carbons (Fsp3) is 0.533. The summed E-state index contributed by atoms with van der Waals surface area (Å²) < 4.78 is 27.4. The number of aryl methyl sites for hydroxylation is 1. The quantitative estimate of drug-likeness (QED) is 0.805. The molecule has 0 spiro atoms. The monoisotopic (exact) mass is 297 g/mol. The van der Waals surface area contributed by atoms with Crippen LogP contribution in [0.3, 0.4) is 0 Å². The van der Waals surface area contributed by atoms with Crippen LogP contribution in [0.2, 0.25) is 0 Å². The highest BCUT2D eigenvalue weighted by atomic mass is 19.1. The van der Waals surface area contributed by atoms with Gasteiger partial charge in [-0.3, -0.25) is 4.79 Å². The molecule has 1 amide bonds. The van der Waals surface area contributed by atoms with Crippen LogP contribution < -0.4 is 10.6 Å². The minimum Gasteiger partial charge on any atom is -0.352 e. The number of benzene rings is 1. The summed E-state index contributed by atoms with van der Waals surface area (Å²) in [5.41, 5.74) is -0.223. The Morgan fingerprint density at radius 2 is 2.05 bits per heavy atom. The standard InChI is InChI=1S/C15H21F2N3O/c1-11-3-4-12(16)13(14(11)17)15(21)19-5-2-8-20-9-6-18-7-10-20/h3-4,18H,2,5-10H2,1H3,(H,19,21). The molecule has 0 bridgehead atoms. The number of carbonyl (C=O) groups excluding carboxylic acids is 1. The molecule has 0 radical (unpaired) electrons. The van der Waals surface area contributed by atoms with Crippen molar-refractivity contribution in [3.63, 3.8) is 0 Å². The highest BCUT2D eigenvalue weighted by Crippen LogP contribution is 2.16. The predicted octanol–water partition coefficient (Wildman–Crippen LogP) is 1.30. The van der Waals surface area contributed by atoms with Crippen LogP contribution in [0.1, 0.15) is 22.3 Å². The molecule has 6 heteroatoms. The number of piperazine rings is 1. The third-order valence-corrected chi connectivity index (χ3v) is 3.66. The largest absolute Gasteiger partial charge is 0.352 e. The first-order valence-electron chi connectivity index (χ1n) is 7.25. The topological polar surface area (TPSA) is 44.4 Å². The van der Waals surface area contributed by atoms with Crippen LogP contribution in [-0.2, 0) is 0 Å². The average molecular weight is 297 g/mol. The second-order valence-corrected chi connectivity index (χ2v) is 5.25. The molecule has 1 heterocycles. The first-order valence-corrected chi connectivity index (χ1v) is 7.25. The summed E-state index contributed by atoms with van der Waals surface area (Å²) >= 11 is 0. The van der Waals surface area contributed by atoms with Gasteiger partial charge in [0.15, 0.2) is 0 Å². The summed E-state index contributed by atoms with van der Waals surface area (Å²) in [4.78, 5) is 14.2. The fourth-order valence-corrected chi connectivity index (χ4v) is 2.39. The van der Waals surface area contributed by atoms with E-state index in [0.29, 0.717) is 6.54 Å². The second-order valence-electron chi connectivity index (χ2n) is 5.25. The van der Waals surface area contributed by atoms with E-state index >= 15 is 0 Å². The molecule has 2 rings (SSSR count). The van der Waals surface area contributed by atoms with E-state index in [4.69, 9.17) is 0 Å². The van der Waals surface area contributed by atoms with E-state index in [0.717, 1.165) is 45.2 Å². The lowest BCUT2D eigenvalue weighted by Gasteiger charge is -2.27. The fourth-order valence-electron chi connectivity index (χ4n) is 2.39. The van der Waals surface area contributed by atoms with Gasteiger partial charge in [0.25, 0.3) is 5.91 Å². The normalized spacial score (nSPS) is 16.0. The maximum absolute atomic E-state index is 13.8. The number of hydrogen-bond acceptors (Lipinski definition) is 3. The first-order chi connectivity index (χ1) is 10.1. The Hall–Kier alpha value is -1.53. The minimum absolute atomic E-state index is 0.266. The van der Waals surface area contributed by atoms with Crippen molar-refractivity contribution in [2.75, 3.05) is 39.3 Å². The number of amides is 1. The van der Waals surface area contributed by atoms with Gasteiger partial charge in [-0.05, 0) is 31.5 Å². The van der Waals surface area contributed by atoms with Crippen LogP contribution in [0.15, 0.2) is 12.1 Å². The Morgan fingerprint density at radius 3 is 2.76 bits per heavy atom. The Labute approximate surface area is 123 Å². The lowest BCUT2D eigenvalue weighted by atomic mass is 10.1. The van der Waals surface area contributed by atoms with Crippen molar-refractivity contribution in [3.05, 3.63) is 34.9 Å². The van der Waals surface area contributed by atoms with Crippen LogP contribution in [0.4, 0.5) is 8.78 Å². The molecule has 0 atom stereocenters. The van der Waals surface area contributed by atoms with Crippen molar-refractivity contribution >= 4 is 5.91 Å². The van der Waals surface area contributed by atoms with E-state index in [1.165, 1.54) is 13.0 Å². The van der Waals surface area contributed by atoms with Crippen molar-refractivity contribution in [1.29, 1.82) is 0 Å². The zero-order valence-electron chi connectivity index (χ0n) is 12.2. The molecule has 1 saturated heterocycles. The van der Waals surface area contributed by atoms with Gasteiger partial charge in [0, 0.05) is 32.7 Å². The van der Waals surface area contributed by atoms with E-state index in [-0.39, 0.29) is 5.56 Å². The van der Waals surface area contributed by atoms with Gasteiger partial charge in [-0.1, -0.05) is 6.07 Å². The van der Waals surface area contributed by atoms with Crippen molar-refractivity contribution in [2.45, 2.75) is 13.3 Å². The number of rotatable bonds is 5. The van der Waals surface area contributed by atoms with Gasteiger partial charge in [-0.2, -0.15) is 0 Å². The van der Waals surface area contributed by atoms with E-state index in [1.807, 2.05) is 0 Å². The summed E-state index contributed by atoms with van der Waals surface area (Å²) in [7, 11) is 0. The van der Waals surface area contributed by atoms with Crippen LogP contribution in [-0.4, -0.2) is 50.1 Å². The zero-order valence-corrected chi connectivity index (χ0v) is 12.2. The average Bonchev–Trinajstić information content (AvgIpc) is 2.49. The second kappa shape index (κ2) is 7.47. The maximum Gasteiger partial charge on any atom is 0.257 e. The molecule has 116 valence electrons. The van der Waals surface area contributed by atoms with Crippen molar-refractivity contribution in [1.82, 2.24) is 15.5 Å². The third kappa shape index (κ3) is 4.22. The SMILES string of the molecule is Cc1ccc(F)c(C(=O)NCCCN2CCNCC2)c1F. The van der Waals surface area contributed by atoms with Gasteiger partial charge >= 0.3 is 0 Å². The lowest BCUT2D eigenvalue weighted by Crippen LogP contribution is -2.44. The van der Waals surface area contributed by atoms with Gasteiger partial charge < -0.3 is 15.5 Å². The molecule has 1 aliphatic rings. The van der Waals surface area contributed by atoms with Crippen molar-refractivity contribution < 1.29 is 13.6 Å². The number of carbonyl (C=O) groups is 1. The van der Waals surface area contributed by atoms with E-state index in [9.17, 15) is 13.6 Å². The van der Waals surface area contributed by atoms with Gasteiger partial charge in [-0.25, -0.2) is 8.78 Å². The Kier molecular flexibility index (Phi) is 5.64. The van der Waals surface area contributed by atoms with Gasteiger partial charge in [0.1, 0.15) is 17.2 Å². The molecule has 0 aromatic heterocycles. The molecule has 2 N–H and O–H groups in total. The van der Waals surface area contributed by atoms with E-state index in [2.05, 4.69) is 15.5 Å². The van der Waals surface area contributed by atoms with Crippen molar-refractivity contribution in [2.24, 2.45) is 0 Å². The molecule has 1 aromatic carbocycles. The van der Waals surface area contributed by atoms with Crippen LogP contribution in [0.5, 0.6) is 0 Å². The zero-order chi connectivity index (χ0) is 15.2. The lowest BCUT2D eigenvalue weighted by molar-refractivity contribution is 0.0942. The summed E-state index contributed by atoms with van der Waals surface area (Å²) in [6, 6.07) is 2.44. The number of halogens is 2. The molecule has 0 unspecified atom stereocenters. The number of hydrogen-bond donors (Lipinski definition) is 2. The van der Waals surface area contributed by atoms with Gasteiger partial charge in [0.2, 0.25) is 0 Å². The first kappa shape index (κ1) is 15.9. The molecule has 1 fully saturated rings. The van der Waals surface area contributed by atoms with Crippen LogP contribution >= 0.6 is 0 Å². The Balaban J connectivity index is 1.81. The molecule has 4 nitrogen and oxygen atoms in total. The third-order valence-electron chi connectivity index (χ3n) is 3.66. The molecule has 21 heavy (non-hydrogen) atoms. The van der Waals surface area contributed by atoms with Crippen LogP contribution in [0.25, 0.3) is 0 Å². The molecule has 1 aromatic rings. The van der Waals surface area contributed by atoms with Gasteiger partial charge in [-0.15, -0.1) is 0 Å². The smallest absolute Gasteiger partial charge is 0.257 e. The Bertz CT molecular complexity index is 502. The van der Waals surface area contributed by atoms with Crippen LogP contribution in [0, 0.1) is 18.6 Å². The minimum atomic E-state index is -0.822. The van der Waals surface area contributed by atoms with E-state index < -0.39 is 23.1 Å². The summed E-state index contributed by atoms with van der Waals surface area (Å²) in [5, 5.41) is 5.85. The predicted molar refractivity (Wildman–Crippen MR) is 77.4 cm³/mol. The summed E-state index contributed by atoms with van der Waals surface area (Å²) in [5.74, 6) is -2.29. The molecule has 0 aliphatic carbocycles. The molecular weight excluding hydrogens is 276 g/mol.